The maximum absolute atomic E-state index is 11.8. The van der Waals surface area contributed by atoms with Crippen LogP contribution in [0.5, 0.6) is 0 Å². The van der Waals surface area contributed by atoms with Crippen LogP contribution in [0.25, 0.3) is 5.57 Å². The Morgan fingerprint density at radius 3 is 2.44 bits per heavy atom. The second-order valence-corrected chi connectivity index (χ2v) is 3.98. The molecule has 16 heavy (non-hydrogen) atoms. The van der Waals surface area contributed by atoms with E-state index in [0.29, 0.717) is 17.2 Å². The standard InChI is InChI=1S/C13H15ClO2/c1-4-16-13(15)12(9(2)3)10-7-5-6-8-11(10)14/h5-8H,4H2,1-3H3. The van der Waals surface area contributed by atoms with Gasteiger partial charge in [-0.15, -0.1) is 0 Å². The molecule has 0 atom stereocenters. The molecule has 0 unspecified atom stereocenters. The Kier molecular flexibility index (Phi) is 4.56. The van der Waals surface area contributed by atoms with Gasteiger partial charge in [-0.25, -0.2) is 4.79 Å². The van der Waals surface area contributed by atoms with Crippen LogP contribution in [0, 0.1) is 0 Å². The molecule has 1 rings (SSSR count). The molecule has 2 nitrogen and oxygen atoms in total. The Labute approximate surface area is 101 Å². The molecule has 0 radical (unpaired) electrons. The minimum atomic E-state index is -0.324. The van der Waals surface area contributed by atoms with Crippen LogP contribution in [-0.4, -0.2) is 12.6 Å². The van der Waals surface area contributed by atoms with Gasteiger partial charge in [0.25, 0.3) is 0 Å². The lowest BCUT2D eigenvalue weighted by atomic mass is 10.0. The van der Waals surface area contributed by atoms with Gasteiger partial charge >= 0.3 is 5.97 Å². The molecule has 1 aromatic rings. The third-order valence-electron chi connectivity index (χ3n) is 2.12. The van der Waals surface area contributed by atoms with E-state index in [1.807, 2.05) is 32.0 Å². The molecule has 0 aliphatic rings. The van der Waals surface area contributed by atoms with Crippen LogP contribution >= 0.6 is 11.6 Å². The zero-order valence-electron chi connectivity index (χ0n) is 9.71. The molecule has 0 amide bonds. The summed E-state index contributed by atoms with van der Waals surface area (Å²) in [6.45, 7) is 5.89. The molecule has 1 aromatic carbocycles. The van der Waals surface area contributed by atoms with Gasteiger partial charge in [-0.05, 0) is 26.8 Å². The number of esters is 1. The van der Waals surface area contributed by atoms with E-state index < -0.39 is 0 Å². The topological polar surface area (TPSA) is 26.3 Å². The minimum Gasteiger partial charge on any atom is -0.462 e. The average Bonchev–Trinajstić information content (AvgIpc) is 2.21. The van der Waals surface area contributed by atoms with Crippen LogP contribution in [0.2, 0.25) is 5.02 Å². The first kappa shape index (κ1) is 12.8. The van der Waals surface area contributed by atoms with E-state index in [1.54, 1.807) is 13.0 Å². The first-order chi connectivity index (χ1) is 7.57. The molecule has 0 heterocycles. The summed E-state index contributed by atoms with van der Waals surface area (Å²) in [4.78, 5) is 11.8. The third kappa shape index (κ3) is 2.86. The SMILES string of the molecule is CCOC(=O)C(=C(C)C)c1ccccc1Cl. The molecule has 0 N–H and O–H groups in total. The molecule has 0 bridgehead atoms. The number of hydrogen-bond donors (Lipinski definition) is 0. The van der Waals surface area contributed by atoms with Crippen molar-refractivity contribution in [3.63, 3.8) is 0 Å². The van der Waals surface area contributed by atoms with E-state index in [0.717, 1.165) is 11.1 Å². The molecule has 0 aromatic heterocycles. The van der Waals surface area contributed by atoms with Crippen LogP contribution in [0.3, 0.4) is 0 Å². The number of carbonyl (C=O) groups excluding carboxylic acids is 1. The van der Waals surface area contributed by atoms with Gasteiger partial charge in [0.05, 0.1) is 12.2 Å². The van der Waals surface area contributed by atoms with Gasteiger partial charge in [-0.3, -0.25) is 0 Å². The summed E-state index contributed by atoms with van der Waals surface area (Å²) < 4.78 is 5.02. The molecular formula is C13H15ClO2. The van der Waals surface area contributed by atoms with Crippen molar-refractivity contribution in [2.75, 3.05) is 6.61 Å². The Hall–Kier alpha value is -1.28. The molecule has 86 valence electrons. The van der Waals surface area contributed by atoms with E-state index in [1.165, 1.54) is 0 Å². The minimum absolute atomic E-state index is 0.324. The number of carbonyl (C=O) groups is 1. The highest BCUT2D eigenvalue weighted by atomic mass is 35.5. The van der Waals surface area contributed by atoms with Crippen molar-refractivity contribution in [3.05, 3.63) is 40.4 Å². The van der Waals surface area contributed by atoms with Gasteiger partial charge in [-0.1, -0.05) is 35.4 Å². The second-order valence-electron chi connectivity index (χ2n) is 3.58. The molecule has 0 aliphatic heterocycles. The summed E-state index contributed by atoms with van der Waals surface area (Å²) in [6.07, 6.45) is 0. The molecular weight excluding hydrogens is 224 g/mol. The van der Waals surface area contributed by atoms with Crippen LogP contribution in [0.1, 0.15) is 26.3 Å². The highest BCUT2D eigenvalue weighted by Gasteiger charge is 2.16. The van der Waals surface area contributed by atoms with Gasteiger partial charge in [0.1, 0.15) is 0 Å². The summed E-state index contributed by atoms with van der Waals surface area (Å²) in [5, 5.41) is 0.562. The third-order valence-corrected chi connectivity index (χ3v) is 2.45. The fourth-order valence-corrected chi connectivity index (χ4v) is 1.68. The van der Waals surface area contributed by atoms with E-state index in [-0.39, 0.29) is 5.97 Å². The molecule has 0 fully saturated rings. The Balaban J connectivity index is 3.21. The van der Waals surface area contributed by atoms with Crippen LogP contribution in [0.4, 0.5) is 0 Å². The number of hydrogen-bond acceptors (Lipinski definition) is 2. The summed E-state index contributed by atoms with van der Waals surface area (Å²) in [5.41, 5.74) is 2.17. The molecule has 0 saturated heterocycles. The molecule has 0 saturated carbocycles. The largest absolute Gasteiger partial charge is 0.462 e. The number of ether oxygens (including phenoxy) is 1. The van der Waals surface area contributed by atoms with Gasteiger partial charge in [0.2, 0.25) is 0 Å². The van der Waals surface area contributed by atoms with Crippen molar-refractivity contribution in [1.82, 2.24) is 0 Å². The van der Waals surface area contributed by atoms with Crippen molar-refractivity contribution >= 4 is 23.1 Å². The van der Waals surface area contributed by atoms with Crippen molar-refractivity contribution in [1.29, 1.82) is 0 Å². The quantitative estimate of drug-likeness (QED) is 0.593. The summed E-state index contributed by atoms with van der Waals surface area (Å²) >= 11 is 6.07. The van der Waals surface area contributed by atoms with E-state index in [9.17, 15) is 4.79 Å². The lowest BCUT2D eigenvalue weighted by Gasteiger charge is -2.10. The van der Waals surface area contributed by atoms with Gasteiger partial charge in [-0.2, -0.15) is 0 Å². The number of halogens is 1. The smallest absolute Gasteiger partial charge is 0.338 e. The van der Waals surface area contributed by atoms with Gasteiger partial charge < -0.3 is 4.74 Å². The maximum atomic E-state index is 11.8. The van der Waals surface area contributed by atoms with Crippen LogP contribution in [-0.2, 0) is 9.53 Å². The average molecular weight is 239 g/mol. The first-order valence-corrected chi connectivity index (χ1v) is 5.55. The number of rotatable bonds is 3. The van der Waals surface area contributed by atoms with Crippen molar-refractivity contribution in [2.45, 2.75) is 20.8 Å². The molecule has 0 spiro atoms. The predicted molar refractivity (Wildman–Crippen MR) is 66.4 cm³/mol. The van der Waals surface area contributed by atoms with Gasteiger partial charge in [0, 0.05) is 10.6 Å². The van der Waals surface area contributed by atoms with Crippen LogP contribution < -0.4 is 0 Å². The predicted octanol–water partition coefficient (Wildman–Crippen LogP) is 3.70. The molecule has 3 heteroatoms. The number of allylic oxidation sites excluding steroid dienone is 1. The maximum Gasteiger partial charge on any atom is 0.338 e. The summed E-state index contributed by atoms with van der Waals surface area (Å²) in [6, 6.07) is 7.27. The Bertz CT molecular complexity index is 418. The molecule has 0 aliphatic carbocycles. The van der Waals surface area contributed by atoms with Gasteiger partial charge in [0.15, 0.2) is 0 Å². The van der Waals surface area contributed by atoms with E-state index in [4.69, 9.17) is 16.3 Å². The van der Waals surface area contributed by atoms with Crippen molar-refractivity contribution in [3.8, 4) is 0 Å². The summed E-state index contributed by atoms with van der Waals surface area (Å²) in [5.74, 6) is -0.324. The van der Waals surface area contributed by atoms with Crippen molar-refractivity contribution in [2.24, 2.45) is 0 Å². The fraction of sp³-hybridized carbons (Fsp3) is 0.308. The van der Waals surface area contributed by atoms with E-state index >= 15 is 0 Å². The lowest BCUT2D eigenvalue weighted by Crippen LogP contribution is -2.08. The number of benzene rings is 1. The monoisotopic (exact) mass is 238 g/mol. The summed E-state index contributed by atoms with van der Waals surface area (Å²) in [7, 11) is 0. The normalized spacial score (nSPS) is 9.75. The van der Waals surface area contributed by atoms with Crippen molar-refractivity contribution < 1.29 is 9.53 Å². The van der Waals surface area contributed by atoms with E-state index in [2.05, 4.69) is 0 Å². The highest BCUT2D eigenvalue weighted by molar-refractivity contribution is 6.34. The Morgan fingerprint density at radius 1 is 1.31 bits per heavy atom. The Morgan fingerprint density at radius 2 is 1.94 bits per heavy atom. The fourth-order valence-electron chi connectivity index (χ4n) is 1.45. The lowest BCUT2D eigenvalue weighted by molar-refractivity contribution is -0.136. The highest BCUT2D eigenvalue weighted by Crippen LogP contribution is 2.27. The second kappa shape index (κ2) is 5.71. The zero-order valence-corrected chi connectivity index (χ0v) is 10.5. The first-order valence-electron chi connectivity index (χ1n) is 5.17. The van der Waals surface area contributed by atoms with Crippen LogP contribution in [0.15, 0.2) is 29.8 Å². The zero-order chi connectivity index (χ0) is 12.1.